The number of nitrogens with one attached hydrogen (secondary N) is 1. The van der Waals surface area contributed by atoms with E-state index in [0.717, 1.165) is 18.6 Å². The number of nitrogens with two attached hydrogens (primary N) is 1. The van der Waals surface area contributed by atoms with Crippen LogP contribution in [-0.4, -0.2) is 23.9 Å². The van der Waals surface area contributed by atoms with Gasteiger partial charge in [-0.1, -0.05) is 0 Å². The second-order valence-electron chi connectivity index (χ2n) is 4.13. The quantitative estimate of drug-likeness (QED) is 0.464. The summed E-state index contributed by atoms with van der Waals surface area (Å²) in [6, 6.07) is 1.91. The lowest BCUT2D eigenvalue weighted by Gasteiger charge is -2.07. The second kappa shape index (κ2) is 6.79. The van der Waals surface area contributed by atoms with Crippen molar-refractivity contribution in [3.63, 3.8) is 0 Å². The molecule has 0 aliphatic rings. The fourth-order valence-corrected chi connectivity index (χ4v) is 1.72. The Hall–Kier alpha value is -2.02. The van der Waals surface area contributed by atoms with Crippen molar-refractivity contribution >= 4 is 11.6 Å². The molecule has 1 rings (SSSR count). The van der Waals surface area contributed by atoms with Crippen molar-refractivity contribution in [3.8, 4) is 0 Å². The number of benzene rings is 1. The highest BCUT2D eigenvalue weighted by molar-refractivity contribution is 5.98. The molecule has 3 N–H and O–H groups in total. The molecular formula is C12H16FN3O3. The predicted octanol–water partition coefficient (Wildman–Crippen LogP) is 1.51. The summed E-state index contributed by atoms with van der Waals surface area (Å²) >= 11 is 0. The molecule has 1 aromatic rings. The number of nitro benzene ring substituents is 1. The number of amides is 1. The van der Waals surface area contributed by atoms with Crippen molar-refractivity contribution in [3.05, 3.63) is 39.2 Å². The van der Waals surface area contributed by atoms with Gasteiger partial charge in [0.1, 0.15) is 11.4 Å². The molecule has 19 heavy (non-hydrogen) atoms. The van der Waals surface area contributed by atoms with Crippen molar-refractivity contribution in [2.45, 2.75) is 19.8 Å². The molecule has 0 bridgehead atoms. The first kappa shape index (κ1) is 15.0. The average Bonchev–Trinajstić information content (AvgIpc) is 2.32. The minimum atomic E-state index is -0.677. The maximum absolute atomic E-state index is 13.3. The number of nitro groups is 1. The molecule has 0 atom stereocenters. The van der Waals surface area contributed by atoms with Gasteiger partial charge in [-0.2, -0.15) is 0 Å². The SMILES string of the molecule is Cc1cc(F)cc(C(=O)NCCCCN)c1[N+](=O)[O-]. The van der Waals surface area contributed by atoms with Gasteiger partial charge in [-0.05, 0) is 38.4 Å². The number of aryl methyl sites for hydroxylation is 1. The number of hydrogen-bond acceptors (Lipinski definition) is 4. The molecule has 0 aliphatic carbocycles. The predicted molar refractivity (Wildman–Crippen MR) is 68.4 cm³/mol. The van der Waals surface area contributed by atoms with Crippen LogP contribution in [0.25, 0.3) is 0 Å². The van der Waals surface area contributed by atoms with Crippen LogP contribution in [-0.2, 0) is 0 Å². The summed E-state index contributed by atoms with van der Waals surface area (Å²) in [5.41, 5.74) is 4.81. The minimum Gasteiger partial charge on any atom is -0.352 e. The number of hydrogen-bond donors (Lipinski definition) is 2. The lowest BCUT2D eigenvalue weighted by molar-refractivity contribution is -0.385. The third-order valence-corrected chi connectivity index (χ3v) is 2.61. The smallest absolute Gasteiger partial charge is 0.285 e. The Morgan fingerprint density at radius 1 is 1.47 bits per heavy atom. The van der Waals surface area contributed by atoms with Gasteiger partial charge in [0.15, 0.2) is 0 Å². The van der Waals surface area contributed by atoms with E-state index < -0.39 is 16.6 Å². The Morgan fingerprint density at radius 3 is 2.74 bits per heavy atom. The number of halogens is 1. The summed E-state index contributed by atoms with van der Waals surface area (Å²) in [6.45, 7) is 2.25. The molecule has 0 spiro atoms. The van der Waals surface area contributed by atoms with E-state index >= 15 is 0 Å². The fraction of sp³-hybridized carbons (Fsp3) is 0.417. The number of carbonyl (C=O) groups excluding carboxylic acids is 1. The van der Waals surface area contributed by atoms with E-state index in [1.807, 2.05) is 0 Å². The summed E-state index contributed by atoms with van der Waals surface area (Å²) in [7, 11) is 0. The normalized spacial score (nSPS) is 10.3. The first-order chi connectivity index (χ1) is 8.97. The summed E-state index contributed by atoms with van der Waals surface area (Å²) in [4.78, 5) is 22.1. The van der Waals surface area contributed by atoms with E-state index in [0.29, 0.717) is 19.5 Å². The van der Waals surface area contributed by atoms with Crippen LogP contribution in [0.2, 0.25) is 0 Å². The summed E-state index contributed by atoms with van der Waals surface area (Å²) in [5, 5.41) is 13.4. The first-order valence-electron chi connectivity index (χ1n) is 5.90. The number of nitrogens with zero attached hydrogens (tertiary/aromatic N) is 1. The number of carbonyl (C=O) groups is 1. The first-order valence-corrected chi connectivity index (χ1v) is 5.90. The minimum absolute atomic E-state index is 0.122. The largest absolute Gasteiger partial charge is 0.352 e. The highest BCUT2D eigenvalue weighted by Gasteiger charge is 2.23. The van der Waals surface area contributed by atoms with E-state index in [-0.39, 0.29) is 16.8 Å². The van der Waals surface area contributed by atoms with E-state index in [1.165, 1.54) is 6.92 Å². The molecule has 0 aliphatic heterocycles. The van der Waals surface area contributed by atoms with E-state index in [2.05, 4.69) is 5.32 Å². The second-order valence-corrected chi connectivity index (χ2v) is 4.13. The molecule has 0 radical (unpaired) electrons. The van der Waals surface area contributed by atoms with Crippen molar-refractivity contribution in [1.29, 1.82) is 0 Å². The highest BCUT2D eigenvalue weighted by Crippen LogP contribution is 2.24. The maximum Gasteiger partial charge on any atom is 0.285 e. The van der Waals surface area contributed by atoms with Crippen LogP contribution in [0.1, 0.15) is 28.8 Å². The zero-order valence-electron chi connectivity index (χ0n) is 10.6. The molecule has 104 valence electrons. The molecular weight excluding hydrogens is 253 g/mol. The topological polar surface area (TPSA) is 98.3 Å². The van der Waals surface area contributed by atoms with Gasteiger partial charge in [0.25, 0.3) is 11.6 Å². The number of unbranched alkanes of at least 4 members (excludes halogenated alkanes) is 1. The molecule has 0 heterocycles. The third kappa shape index (κ3) is 3.99. The fourth-order valence-electron chi connectivity index (χ4n) is 1.72. The average molecular weight is 269 g/mol. The van der Waals surface area contributed by atoms with Crippen LogP contribution < -0.4 is 11.1 Å². The molecule has 1 aromatic carbocycles. The van der Waals surface area contributed by atoms with Gasteiger partial charge in [0.2, 0.25) is 0 Å². The van der Waals surface area contributed by atoms with Crippen molar-refractivity contribution in [1.82, 2.24) is 5.32 Å². The van der Waals surface area contributed by atoms with Crippen LogP contribution in [0, 0.1) is 22.9 Å². The monoisotopic (exact) mass is 269 g/mol. The molecule has 0 saturated carbocycles. The molecule has 0 unspecified atom stereocenters. The Morgan fingerprint density at radius 2 is 2.16 bits per heavy atom. The molecule has 6 nitrogen and oxygen atoms in total. The van der Waals surface area contributed by atoms with E-state index in [9.17, 15) is 19.3 Å². The van der Waals surface area contributed by atoms with Gasteiger partial charge in [0.05, 0.1) is 4.92 Å². The van der Waals surface area contributed by atoms with E-state index in [1.54, 1.807) is 0 Å². The molecule has 0 fully saturated rings. The molecule has 0 aromatic heterocycles. The number of rotatable bonds is 6. The van der Waals surface area contributed by atoms with Gasteiger partial charge in [-0.15, -0.1) is 0 Å². The van der Waals surface area contributed by atoms with Gasteiger partial charge in [-0.3, -0.25) is 14.9 Å². The summed E-state index contributed by atoms with van der Waals surface area (Å²) < 4.78 is 13.3. The zero-order chi connectivity index (χ0) is 14.4. The molecule has 1 amide bonds. The Bertz CT molecular complexity index is 491. The Kier molecular flexibility index (Phi) is 5.37. The van der Waals surface area contributed by atoms with Gasteiger partial charge in [0, 0.05) is 12.1 Å². The van der Waals surface area contributed by atoms with Crippen molar-refractivity contribution in [2.24, 2.45) is 5.73 Å². The van der Waals surface area contributed by atoms with Crippen LogP contribution >= 0.6 is 0 Å². The molecule has 7 heteroatoms. The van der Waals surface area contributed by atoms with Gasteiger partial charge in [-0.25, -0.2) is 4.39 Å². The van der Waals surface area contributed by atoms with Crippen LogP contribution in [0.4, 0.5) is 10.1 Å². The van der Waals surface area contributed by atoms with Crippen LogP contribution in [0.5, 0.6) is 0 Å². The summed E-state index contributed by atoms with van der Waals surface area (Å²) in [5.74, 6) is -1.32. The third-order valence-electron chi connectivity index (χ3n) is 2.61. The van der Waals surface area contributed by atoms with Crippen LogP contribution in [0.15, 0.2) is 12.1 Å². The van der Waals surface area contributed by atoms with E-state index in [4.69, 9.17) is 5.73 Å². The maximum atomic E-state index is 13.3. The van der Waals surface area contributed by atoms with Crippen molar-refractivity contribution in [2.75, 3.05) is 13.1 Å². The van der Waals surface area contributed by atoms with Gasteiger partial charge < -0.3 is 11.1 Å². The van der Waals surface area contributed by atoms with Crippen molar-refractivity contribution < 1.29 is 14.1 Å². The molecule has 0 saturated heterocycles. The lowest BCUT2D eigenvalue weighted by atomic mass is 10.1. The highest BCUT2D eigenvalue weighted by atomic mass is 19.1. The van der Waals surface area contributed by atoms with Gasteiger partial charge >= 0.3 is 0 Å². The zero-order valence-corrected chi connectivity index (χ0v) is 10.6. The standard InChI is InChI=1S/C12H16FN3O3/c1-8-6-9(13)7-10(11(8)16(18)19)12(17)15-5-3-2-4-14/h6-7H,2-5,14H2,1H3,(H,15,17). The Balaban J connectivity index is 2.92. The Labute approximate surface area is 109 Å². The summed E-state index contributed by atoms with van der Waals surface area (Å²) in [6.07, 6.45) is 1.41. The lowest BCUT2D eigenvalue weighted by Crippen LogP contribution is -2.26. The van der Waals surface area contributed by atoms with Crippen LogP contribution in [0.3, 0.4) is 0 Å².